The molecule has 1 heterocycles. The molecule has 2 aromatic carbocycles. The Morgan fingerprint density at radius 1 is 1.00 bits per heavy atom. The highest BCUT2D eigenvalue weighted by Crippen LogP contribution is 2.28. The van der Waals surface area contributed by atoms with E-state index in [2.05, 4.69) is 4.98 Å². The van der Waals surface area contributed by atoms with E-state index in [9.17, 15) is 0 Å². The molecule has 2 nitrogen and oxygen atoms in total. The maximum Gasteiger partial charge on any atom is 0.0745 e. The Morgan fingerprint density at radius 2 is 1.81 bits per heavy atom. The van der Waals surface area contributed by atoms with Crippen molar-refractivity contribution in [2.24, 2.45) is 0 Å². The molecule has 0 saturated heterocycles. The lowest BCUT2D eigenvalue weighted by Crippen LogP contribution is -1.88. The van der Waals surface area contributed by atoms with Crippen molar-refractivity contribution in [1.82, 2.24) is 4.98 Å². The number of nitrogens with two attached hydrogens (primary N) is 1. The molecule has 3 aromatic rings. The number of aromatic nitrogens is 1. The highest BCUT2D eigenvalue weighted by molar-refractivity contribution is 6.36. The van der Waals surface area contributed by atoms with Gasteiger partial charge < -0.3 is 5.73 Å². The first-order valence-electron chi connectivity index (χ1n) is 4.98. The number of anilines is 1. The van der Waals surface area contributed by atoms with Crippen LogP contribution in [0, 0.1) is 0 Å². The second-order valence-electron chi connectivity index (χ2n) is 3.75. The second-order valence-corrected chi connectivity index (χ2v) is 4.16. The topological polar surface area (TPSA) is 38.9 Å². The number of rotatable bonds is 0. The third kappa shape index (κ3) is 1.39. The van der Waals surface area contributed by atoms with Crippen LogP contribution in [0.15, 0.2) is 42.5 Å². The van der Waals surface area contributed by atoms with Crippen molar-refractivity contribution < 1.29 is 0 Å². The maximum atomic E-state index is 6.14. The van der Waals surface area contributed by atoms with E-state index in [1.54, 1.807) is 6.07 Å². The summed E-state index contributed by atoms with van der Waals surface area (Å²) in [6.07, 6.45) is 0. The Kier molecular flexibility index (Phi) is 1.98. The summed E-state index contributed by atoms with van der Waals surface area (Å²) in [5.41, 5.74) is 8.18. The minimum atomic E-state index is 0.639. The van der Waals surface area contributed by atoms with E-state index in [0.29, 0.717) is 10.7 Å². The molecule has 0 saturated carbocycles. The van der Waals surface area contributed by atoms with Gasteiger partial charge >= 0.3 is 0 Å². The molecule has 0 aliphatic heterocycles. The van der Waals surface area contributed by atoms with Gasteiger partial charge in [-0.25, -0.2) is 4.98 Å². The van der Waals surface area contributed by atoms with Gasteiger partial charge in [0.2, 0.25) is 0 Å². The van der Waals surface area contributed by atoms with Crippen molar-refractivity contribution in [3.63, 3.8) is 0 Å². The van der Waals surface area contributed by atoms with Gasteiger partial charge in [0.25, 0.3) is 0 Å². The van der Waals surface area contributed by atoms with Crippen LogP contribution in [0.5, 0.6) is 0 Å². The Balaban J connectivity index is 2.51. The number of halogens is 1. The van der Waals surface area contributed by atoms with E-state index in [0.717, 1.165) is 21.8 Å². The first kappa shape index (κ1) is 9.43. The van der Waals surface area contributed by atoms with Crippen LogP contribution in [0.2, 0.25) is 5.02 Å². The molecule has 0 aliphatic carbocycles. The average molecular weight is 229 g/mol. The summed E-state index contributed by atoms with van der Waals surface area (Å²) in [5.74, 6) is 0. The molecule has 0 unspecified atom stereocenters. The van der Waals surface area contributed by atoms with Gasteiger partial charge in [-0.2, -0.15) is 0 Å². The van der Waals surface area contributed by atoms with Gasteiger partial charge in [0, 0.05) is 16.5 Å². The van der Waals surface area contributed by atoms with Gasteiger partial charge in [-0.15, -0.1) is 0 Å². The minimum Gasteiger partial charge on any atom is -0.399 e. The number of hydrogen-bond donors (Lipinski definition) is 1. The van der Waals surface area contributed by atoms with E-state index >= 15 is 0 Å². The fourth-order valence-corrected chi connectivity index (χ4v) is 2.13. The third-order valence-corrected chi connectivity index (χ3v) is 2.92. The SMILES string of the molecule is Nc1cc(Cl)c2cc3ccccc3nc2c1. The number of hydrogen-bond acceptors (Lipinski definition) is 2. The molecule has 0 aliphatic rings. The van der Waals surface area contributed by atoms with Crippen LogP contribution in [0.25, 0.3) is 21.8 Å². The zero-order valence-corrected chi connectivity index (χ0v) is 9.20. The Morgan fingerprint density at radius 3 is 2.69 bits per heavy atom. The third-order valence-electron chi connectivity index (χ3n) is 2.61. The van der Waals surface area contributed by atoms with Crippen LogP contribution in [0.4, 0.5) is 5.69 Å². The molecule has 3 heteroatoms. The van der Waals surface area contributed by atoms with Gasteiger partial charge in [-0.3, -0.25) is 0 Å². The quantitative estimate of drug-likeness (QED) is 0.472. The molecular weight excluding hydrogens is 220 g/mol. The lowest BCUT2D eigenvalue weighted by Gasteiger charge is -2.04. The molecule has 16 heavy (non-hydrogen) atoms. The van der Waals surface area contributed by atoms with Crippen LogP contribution >= 0.6 is 11.6 Å². The zero-order valence-electron chi connectivity index (χ0n) is 8.44. The first-order chi connectivity index (χ1) is 7.74. The lowest BCUT2D eigenvalue weighted by atomic mass is 10.1. The van der Waals surface area contributed by atoms with Crippen molar-refractivity contribution in [3.05, 3.63) is 47.5 Å². The number of nitrogen functional groups attached to an aromatic ring is 1. The molecule has 0 radical (unpaired) electrons. The second kappa shape index (κ2) is 3.35. The van der Waals surface area contributed by atoms with E-state index in [4.69, 9.17) is 17.3 Å². The summed E-state index contributed by atoms with van der Waals surface area (Å²) >= 11 is 6.14. The van der Waals surface area contributed by atoms with Gasteiger partial charge in [-0.1, -0.05) is 29.8 Å². The zero-order chi connectivity index (χ0) is 11.1. The van der Waals surface area contributed by atoms with Crippen molar-refractivity contribution in [1.29, 1.82) is 0 Å². The summed E-state index contributed by atoms with van der Waals surface area (Å²) in [6, 6.07) is 13.6. The number of nitrogens with zero attached hydrogens (tertiary/aromatic N) is 1. The summed E-state index contributed by atoms with van der Waals surface area (Å²) in [4.78, 5) is 4.53. The summed E-state index contributed by atoms with van der Waals surface area (Å²) in [6.45, 7) is 0. The van der Waals surface area contributed by atoms with Crippen LogP contribution in [-0.4, -0.2) is 4.98 Å². The minimum absolute atomic E-state index is 0.639. The normalized spacial score (nSPS) is 11.1. The summed E-state index contributed by atoms with van der Waals surface area (Å²) in [7, 11) is 0. The highest BCUT2D eigenvalue weighted by Gasteiger charge is 2.04. The van der Waals surface area contributed by atoms with E-state index in [1.807, 2.05) is 36.4 Å². The predicted molar refractivity (Wildman–Crippen MR) is 68.7 cm³/mol. The number of para-hydroxylation sites is 1. The standard InChI is InChI=1S/C13H9ClN2/c14-11-6-9(15)7-13-10(11)5-8-3-1-2-4-12(8)16-13/h1-7H,15H2. The molecule has 1 aromatic heterocycles. The number of fused-ring (bicyclic) bond motifs is 2. The van der Waals surface area contributed by atoms with Crippen molar-refractivity contribution in [3.8, 4) is 0 Å². The van der Waals surface area contributed by atoms with Crippen molar-refractivity contribution in [2.75, 3.05) is 5.73 Å². The Hall–Kier alpha value is -1.80. The Bertz CT molecular complexity index is 692. The number of benzene rings is 2. The lowest BCUT2D eigenvalue weighted by molar-refractivity contribution is 1.50. The van der Waals surface area contributed by atoms with Crippen molar-refractivity contribution in [2.45, 2.75) is 0 Å². The van der Waals surface area contributed by atoms with Crippen LogP contribution in [0.3, 0.4) is 0 Å². The summed E-state index contributed by atoms with van der Waals surface area (Å²) in [5, 5.41) is 2.67. The largest absolute Gasteiger partial charge is 0.399 e. The van der Waals surface area contributed by atoms with Crippen LogP contribution < -0.4 is 5.73 Å². The van der Waals surface area contributed by atoms with Crippen molar-refractivity contribution >= 4 is 39.1 Å². The van der Waals surface area contributed by atoms with Gasteiger partial charge in [0.1, 0.15) is 0 Å². The molecule has 78 valence electrons. The molecule has 0 spiro atoms. The smallest absolute Gasteiger partial charge is 0.0745 e. The van der Waals surface area contributed by atoms with E-state index in [-0.39, 0.29) is 0 Å². The highest BCUT2D eigenvalue weighted by atomic mass is 35.5. The predicted octanol–water partition coefficient (Wildman–Crippen LogP) is 3.62. The van der Waals surface area contributed by atoms with Gasteiger partial charge in [0.15, 0.2) is 0 Å². The maximum absolute atomic E-state index is 6.14. The molecule has 0 bridgehead atoms. The molecular formula is C13H9ClN2. The average Bonchev–Trinajstić information content (AvgIpc) is 2.27. The molecule has 0 fully saturated rings. The first-order valence-corrected chi connectivity index (χ1v) is 5.36. The fraction of sp³-hybridized carbons (Fsp3) is 0. The van der Waals surface area contributed by atoms with Crippen LogP contribution in [-0.2, 0) is 0 Å². The molecule has 3 rings (SSSR count). The fourth-order valence-electron chi connectivity index (χ4n) is 1.86. The number of pyridine rings is 1. The molecule has 0 amide bonds. The monoisotopic (exact) mass is 228 g/mol. The summed E-state index contributed by atoms with van der Waals surface area (Å²) < 4.78 is 0. The molecule has 2 N–H and O–H groups in total. The van der Waals surface area contributed by atoms with E-state index in [1.165, 1.54) is 0 Å². The van der Waals surface area contributed by atoms with E-state index < -0.39 is 0 Å². The molecule has 0 atom stereocenters. The Labute approximate surface area is 97.7 Å². The van der Waals surface area contributed by atoms with Crippen LogP contribution in [0.1, 0.15) is 0 Å². The van der Waals surface area contributed by atoms with Gasteiger partial charge in [0.05, 0.1) is 16.1 Å². The van der Waals surface area contributed by atoms with Gasteiger partial charge in [-0.05, 0) is 24.3 Å².